The number of fused-ring (bicyclic) bond motifs is 1. The number of amides is 1. The first-order valence-corrected chi connectivity index (χ1v) is 8.71. The number of hydrogen-bond acceptors (Lipinski definition) is 2. The number of aromatic nitrogens is 1. The molecule has 0 aliphatic heterocycles. The number of rotatable bonds is 2. The van der Waals surface area contributed by atoms with Gasteiger partial charge in [0.25, 0.3) is 5.91 Å². The van der Waals surface area contributed by atoms with E-state index in [0.717, 1.165) is 21.2 Å². The van der Waals surface area contributed by atoms with Crippen LogP contribution in [0.1, 0.15) is 17.3 Å². The van der Waals surface area contributed by atoms with Crippen molar-refractivity contribution in [1.82, 2.24) is 4.57 Å². The Kier molecular flexibility index (Phi) is 4.47. The summed E-state index contributed by atoms with van der Waals surface area (Å²) in [5, 5.41) is 0.420. The number of carbonyl (C=O) groups is 1. The molecule has 3 aromatic rings. The number of hydrogen-bond donors (Lipinski definition) is 0. The molecule has 0 fully saturated rings. The van der Waals surface area contributed by atoms with Crippen LogP contribution in [0.2, 0.25) is 5.02 Å². The number of aryl methyl sites for hydroxylation is 1. The van der Waals surface area contributed by atoms with Crippen LogP contribution >= 0.6 is 38.9 Å². The SMILES string of the molecule is CCn1c(=NC(=O)c2ccccc2Cl)sc2cc(Br)ccc21. The molecule has 22 heavy (non-hydrogen) atoms. The van der Waals surface area contributed by atoms with Gasteiger partial charge in [-0.2, -0.15) is 4.99 Å². The second kappa shape index (κ2) is 6.36. The van der Waals surface area contributed by atoms with Crippen LogP contribution in [-0.4, -0.2) is 10.5 Å². The van der Waals surface area contributed by atoms with Gasteiger partial charge >= 0.3 is 0 Å². The van der Waals surface area contributed by atoms with Gasteiger partial charge in [0.1, 0.15) is 0 Å². The molecule has 0 spiro atoms. The van der Waals surface area contributed by atoms with Crippen LogP contribution in [0.3, 0.4) is 0 Å². The van der Waals surface area contributed by atoms with Gasteiger partial charge in [0, 0.05) is 11.0 Å². The molecule has 3 nitrogen and oxygen atoms in total. The van der Waals surface area contributed by atoms with E-state index in [1.165, 1.54) is 11.3 Å². The predicted molar refractivity (Wildman–Crippen MR) is 94.5 cm³/mol. The highest BCUT2D eigenvalue weighted by Gasteiger charge is 2.11. The van der Waals surface area contributed by atoms with E-state index in [0.29, 0.717) is 15.4 Å². The minimum Gasteiger partial charge on any atom is -0.317 e. The summed E-state index contributed by atoms with van der Waals surface area (Å²) in [5.41, 5.74) is 1.49. The fourth-order valence-electron chi connectivity index (χ4n) is 2.22. The van der Waals surface area contributed by atoms with Crippen molar-refractivity contribution in [2.45, 2.75) is 13.5 Å². The van der Waals surface area contributed by atoms with Crippen molar-refractivity contribution in [2.24, 2.45) is 4.99 Å². The van der Waals surface area contributed by atoms with Crippen LogP contribution in [0, 0.1) is 0 Å². The lowest BCUT2D eigenvalue weighted by Crippen LogP contribution is -2.16. The number of carbonyl (C=O) groups excluding carboxylic acids is 1. The van der Waals surface area contributed by atoms with Gasteiger partial charge in [0.15, 0.2) is 4.80 Å². The van der Waals surface area contributed by atoms with Crippen LogP contribution in [0.15, 0.2) is 51.9 Å². The summed E-state index contributed by atoms with van der Waals surface area (Å²) >= 11 is 11.0. The first kappa shape index (κ1) is 15.5. The second-order valence-corrected chi connectivity index (χ2v) is 6.97. The monoisotopic (exact) mass is 394 g/mol. The van der Waals surface area contributed by atoms with Crippen molar-refractivity contribution in [3.05, 3.63) is 62.3 Å². The number of halogens is 2. The van der Waals surface area contributed by atoms with Crippen molar-refractivity contribution >= 4 is 55.0 Å². The predicted octanol–water partition coefficient (Wildman–Crippen LogP) is 4.88. The van der Waals surface area contributed by atoms with Crippen molar-refractivity contribution in [1.29, 1.82) is 0 Å². The summed E-state index contributed by atoms with van der Waals surface area (Å²) in [7, 11) is 0. The molecular weight excluding hydrogens is 384 g/mol. The van der Waals surface area contributed by atoms with Crippen molar-refractivity contribution in [2.75, 3.05) is 0 Å². The van der Waals surface area contributed by atoms with Gasteiger partial charge in [-0.1, -0.05) is 51.0 Å². The van der Waals surface area contributed by atoms with Gasteiger partial charge in [-0.15, -0.1) is 0 Å². The lowest BCUT2D eigenvalue weighted by molar-refractivity contribution is 0.0998. The minimum absolute atomic E-state index is 0.321. The van der Waals surface area contributed by atoms with Crippen LogP contribution in [-0.2, 0) is 6.54 Å². The molecule has 6 heteroatoms. The normalized spacial score (nSPS) is 12.0. The van der Waals surface area contributed by atoms with E-state index in [4.69, 9.17) is 11.6 Å². The molecule has 112 valence electrons. The summed E-state index contributed by atoms with van der Waals surface area (Å²) < 4.78 is 4.12. The molecule has 2 aromatic carbocycles. The zero-order valence-corrected chi connectivity index (χ0v) is 14.9. The maximum atomic E-state index is 12.4. The lowest BCUT2D eigenvalue weighted by atomic mass is 10.2. The average molecular weight is 396 g/mol. The van der Waals surface area contributed by atoms with E-state index < -0.39 is 0 Å². The molecule has 0 aliphatic rings. The van der Waals surface area contributed by atoms with Crippen molar-refractivity contribution in [3.63, 3.8) is 0 Å². The zero-order chi connectivity index (χ0) is 15.7. The zero-order valence-electron chi connectivity index (χ0n) is 11.7. The maximum absolute atomic E-state index is 12.4. The van der Waals surface area contributed by atoms with E-state index >= 15 is 0 Å². The summed E-state index contributed by atoms with van der Waals surface area (Å²) in [5.74, 6) is -0.321. The molecule has 0 saturated carbocycles. The summed E-state index contributed by atoms with van der Waals surface area (Å²) in [6, 6.07) is 13.0. The smallest absolute Gasteiger partial charge is 0.281 e. The average Bonchev–Trinajstić information content (AvgIpc) is 2.83. The molecule has 0 bridgehead atoms. The fourth-order valence-corrected chi connectivity index (χ4v) is 4.08. The molecule has 0 aliphatic carbocycles. The Morgan fingerprint density at radius 1 is 1.32 bits per heavy atom. The highest BCUT2D eigenvalue weighted by atomic mass is 79.9. The molecule has 0 unspecified atom stereocenters. The molecule has 3 rings (SSSR count). The second-order valence-electron chi connectivity index (χ2n) is 4.64. The van der Waals surface area contributed by atoms with E-state index in [1.807, 2.05) is 29.7 Å². The van der Waals surface area contributed by atoms with E-state index in [9.17, 15) is 4.79 Å². The van der Waals surface area contributed by atoms with Gasteiger partial charge in [-0.05, 0) is 37.3 Å². The fraction of sp³-hybridized carbons (Fsp3) is 0.125. The molecule has 1 aromatic heterocycles. The largest absolute Gasteiger partial charge is 0.317 e. The Labute approximate surface area is 145 Å². The third-order valence-corrected chi connectivity index (χ3v) is 5.13. The Bertz CT molecular complexity index is 929. The molecule has 0 radical (unpaired) electrons. The Hall–Kier alpha value is -1.43. The highest BCUT2D eigenvalue weighted by Crippen LogP contribution is 2.22. The number of nitrogens with zero attached hydrogens (tertiary/aromatic N) is 2. The van der Waals surface area contributed by atoms with E-state index in [1.54, 1.807) is 24.3 Å². The first-order valence-electron chi connectivity index (χ1n) is 6.72. The summed E-state index contributed by atoms with van der Waals surface area (Å²) in [6.45, 7) is 2.78. The van der Waals surface area contributed by atoms with Crippen LogP contribution in [0.25, 0.3) is 10.2 Å². The number of thiazole rings is 1. The summed E-state index contributed by atoms with van der Waals surface area (Å²) in [4.78, 5) is 17.3. The van der Waals surface area contributed by atoms with Crippen LogP contribution in [0.5, 0.6) is 0 Å². The standard InChI is InChI=1S/C16H12BrClN2OS/c1-2-20-13-8-7-10(17)9-14(13)22-16(20)19-15(21)11-5-3-4-6-12(11)18/h3-9H,2H2,1H3. The third kappa shape index (κ3) is 2.89. The van der Waals surface area contributed by atoms with Gasteiger partial charge in [-0.25, -0.2) is 0 Å². The molecular formula is C16H12BrClN2OS. The number of benzene rings is 2. The Morgan fingerprint density at radius 2 is 2.09 bits per heavy atom. The molecule has 1 amide bonds. The lowest BCUT2D eigenvalue weighted by Gasteiger charge is -2.01. The molecule has 0 saturated heterocycles. The molecule has 0 atom stereocenters. The van der Waals surface area contributed by atoms with Gasteiger partial charge in [-0.3, -0.25) is 4.79 Å². The third-order valence-electron chi connectivity index (χ3n) is 3.26. The first-order chi connectivity index (χ1) is 10.6. The van der Waals surface area contributed by atoms with Gasteiger partial charge < -0.3 is 4.57 Å². The van der Waals surface area contributed by atoms with Crippen molar-refractivity contribution < 1.29 is 4.79 Å². The Balaban J connectivity index is 2.17. The molecule has 1 heterocycles. The Morgan fingerprint density at radius 3 is 2.82 bits per heavy atom. The van der Waals surface area contributed by atoms with Crippen LogP contribution < -0.4 is 4.80 Å². The summed E-state index contributed by atoms with van der Waals surface area (Å²) in [6.07, 6.45) is 0. The van der Waals surface area contributed by atoms with Gasteiger partial charge in [0.05, 0.1) is 20.8 Å². The van der Waals surface area contributed by atoms with Crippen molar-refractivity contribution in [3.8, 4) is 0 Å². The molecule has 0 N–H and O–H groups in total. The van der Waals surface area contributed by atoms with E-state index in [2.05, 4.69) is 20.9 Å². The minimum atomic E-state index is -0.321. The highest BCUT2D eigenvalue weighted by molar-refractivity contribution is 9.10. The van der Waals surface area contributed by atoms with Crippen LogP contribution in [0.4, 0.5) is 0 Å². The van der Waals surface area contributed by atoms with Gasteiger partial charge in [0.2, 0.25) is 0 Å². The quantitative estimate of drug-likeness (QED) is 0.609. The van der Waals surface area contributed by atoms with E-state index in [-0.39, 0.29) is 5.91 Å². The topological polar surface area (TPSA) is 34.4 Å². The maximum Gasteiger partial charge on any atom is 0.281 e.